The number of nitrogens with one attached hydrogen (secondary N) is 1. The molecule has 0 spiro atoms. The van der Waals surface area contributed by atoms with Crippen LogP contribution in [0.4, 0.5) is 5.82 Å². The van der Waals surface area contributed by atoms with E-state index in [0.717, 1.165) is 25.0 Å². The minimum atomic E-state index is -0.725. The number of carbonyl (C=O) groups excluding carboxylic acids is 2. The molecule has 1 fully saturated rings. The van der Waals surface area contributed by atoms with Gasteiger partial charge in [-0.2, -0.15) is 14.8 Å². The van der Waals surface area contributed by atoms with E-state index in [2.05, 4.69) is 20.4 Å². The van der Waals surface area contributed by atoms with Crippen molar-refractivity contribution in [2.24, 2.45) is 21.3 Å². The number of rotatable bonds is 3. The van der Waals surface area contributed by atoms with E-state index in [1.165, 1.54) is 4.68 Å². The van der Waals surface area contributed by atoms with Crippen LogP contribution in [0.3, 0.4) is 0 Å². The molecule has 1 atom stereocenters. The highest BCUT2D eigenvalue weighted by molar-refractivity contribution is 6.20. The summed E-state index contributed by atoms with van der Waals surface area (Å²) in [6.07, 6.45) is 2.56. The van der Waals surface area contributed by atoms with Crippen LogP contribution in [-0.2, 0) is 9.59 Å². The first kappa shape index (κ1) is 16.8. The summed E-state index contributed by atoms with van der Waals surface area (Å²) < 4.78 is 1.41. The zero-order valence-corrected chi connectivity index (χ0v) is 14.7. The maximum absolute atomic E-state index is 12.4. The molecule has 2 amide bonds. The molecule has 2 aliphatic rings. The molecule has 1 aromatic heterocycles. The van der Waals surface area contributed by atoms with E-state index in [9.17, 15) is 9.59 Å². The Kier molecular flexibility index (Phi) is 4.29. The van der Waals surface area contributed by atoms with Gasteiger partial charge in [0.15, 0.2) is 0 Å². The van der Waals surface area contributed by atoms with Gasteiger partial charge in [-0.15, -0.1) is 11.6 Å². The number of aliphatic imine (C=N–C) groups is 2. The summed E-state index contributed by atoms with van der Waals surface area (Å²) >= 11 is 5.85. The Bertz CT molecular complexity index is 763. The lowest BCUT2D eigenvalue weighted by molar-refractivity contribution is -0.123. The molecule has 0 saturated heterocycles. The normalized spacial score (nSPS) is 20.5. The van der Waals surface area contributed by atoms with Crippen molar-refractivity contribution in [3.63, 3.8) is 0 Å². The van der Waals surface area contributed by atoms with E-state index < -0.39 is 5.41 Å². The van der Waals surface area contributed by atoms with Gasteiger partial charge in [0.1, 0.15) is 5.82 Å². The molecule has 1 saturated carbocycles. The third kappa shape index (κ3) is 3.00. The number of hydrogen-bond acceptors (Lipinski definition) is 4. The zero-order valence-electron chi connectivity index (χ0n) is 14.0. The highest BCUT2D eigenvalue weighted by Gasteiger charge is 2.34. The molecule has 3 rings (SSSR count). The molecule has 2 heterocycles. The number of nitrogens with zero attached hydrogens (tertiary/aromatic N) is 4. The number of amides is 2. The van der Waals surface area contributed by atoms with E-state index >= 15 is 0 Å². The monoisotopic (exact) mass is 349 g/mol. The fraction of sp³-hybridized carbons (Fsp3) is 0.562. The minimum Gasteiger partial charge on any atom is -0.310 e. The Balaban J connectivity index is 1.93. The predicted molar refractivity (Wildman–Crippen MR) is 92.7 cm³/mol. The Morgan fingerprint density at radius 1 is 1.46 bits per heavy atom. The maximum atomic E-state index is 12.4. The molecule has 0 bridgehead atoms. The first-order valence-electron chi connectivity index (χ1n) is 7.96. The SMILES string of the molecule is Cc1cc(NC(=O)C(C)(C)CCl)n(C2=NC(=O)C3CCCC3=N2)n1. The van der Waals surface area contributed by atoms with Gasteiger partial charge in [0, 0.05) is 17.7 Å². The second-order valence-corrected chi connectivity index (χ2v) is 7.12. The van der Waals surface area contributed by atoms with Crippen LogP contribution in [-0.4, -0.2) is 39.1 Å². The van der Waals surface area contributed by atoms with Crippen molar-refractivity contribution in [2.45, 2.75) is 40.0 Å². The van der Waals surface area contributed by atoms with E-state index in [0.29, 0.717) is 11.5 Å². The van der Waals surface area contributed by atoms with Crippen LogP contribution < -0.4 is 5.32 Å². The van der Waals surface area contributed by atoms with Crippen molar-refractivity contribution in [2.75, 3.05) is 11.2 Å². The van der Waals surface area contributed by atoms with Crippen molar-refractivity contribution in [1.29, 1.82) is 0 Å². The number of halogens is 1. The largest absolute Gasteiger partial charge is 0.310 e. The quantitative estimate of drug-likeness (QED) is 0.849. The molecular formula is C16H20ClN5O2. The van der Waals surface area contributed by atoms with Gasteiger partial charge in [0.2, 0.25) is 5.91 Å². The predicted octanol–water partition coefficient (Wildman–Crippen LogP) is 2.38. The molecule has 7 nitrogen and oxygen atoms in total. The van der Waals surface area contributed by atoms with Gasteiger partial charge >= 0.3 is 0 Å². The molecule has 1 N–H and O–H groups in total. The Labute approximate surface area is 145 Å². The van der Waals surface area contributed by atoms with E-state index in [1.54, 1.807) is 26.8 Å². The van der Waals surface area contributed by atoms with Gasteiger partial charge in [-0.05, 0) is 40.0 Å². The first-order valence-corrected chi connectivity index (χ1v) is 8.50. The van der Waals surface area contributed by atoms with Crippen LogP contribution in [0.15, 0.2) is 16.1 Å². The summed E-state index contributed by atoms with van der Waals surface area (Å²) in [7, 11) is 0. The van der Waals surface area contributed by atoms with Gasteiger partial charge in [-0.25, -0.2) is 4.99 Å². The van der Waals surface area contributed by atoms with Crippen molar-refractivity contribution in [1.82, 2.24) is 9.78 Å². The fourth-order valence-corrected chi connectivity index (χ4v) is 2.86. The van der Waals surface area contributed by atoms with E-state index in [4.69, 9.17) is 11.6 Å². The summed E-state index contributed by atoms with van der Waals surface area (Å²) in [6.45, 7) is 5.32. The molecule has 1 aliphatic carbocycles. The topological polar surface area (TPSA) is 88.7 Å². The van der Waals surface area contributed by atoms with Gasteiger partial charge in [-0.3, -0.25) is 9.59 Å². The summed E-state index contributed by atoms with van der Waals surface area (Å²) in [5.41, 5.74) is 0.825. The van der Waals surface area contributed by atoms with E-state index in [-0.39, 0.29) is 29.6 Å². The number of aryl methyl sites for hydroxylation is 1. The molecule has 0 radical (unpaired) electrons. The lowest BCUT2D eigenvalue weighted by Crippen LogP contribution is -2.34. The summed E-state index contributed by atoms with van der Waals surface area (Å²) in [4.78, 5) is 33.1. The zero-order chi connectivity index (χ0) is 17.5. The number of aromatic nitrogens is 2. The highest BCUT2D eigenvalue weighted by atomic mass is 35.5. The minimum absolute atomic E-state index is 0.181. The van der Waals surface area contributed by atoms with Gasteiger partial charge in [-0.1, -0.05) is 0 Å². The lowest BCUT2D eigenvalue weighted by Gasteiger charge is -2.21. The smallest absolute Gasteiger partial charge is 0.257 e. The summed E-state index contributed by atoms with van der Waals surface area (Å²) in [5, 5.41) is 7.13. The highest BCUT2D eigenvalue weighted by Crippen LogP contribution is 2.28. The molecule has 128 valence electrons. The van der Waals surface area contributed by atoms with E-state index in [1.807, 2.05) is 0 Å². The molecule has 24 heavy (non-hydrogen) atoms. The van der Waals surface area contributed by atoms with Crippen LogP contribution in [0.25, 0.3) is 0 Å². The Morgan fingerprint density at radius 2 is 2.21 bits per heavy atom. The molecule has 1 aliphatic heterocycles. The first-order chi connectivity index (χ1) is 11.3. The summed E-state index contributed by atoms with van der Waals surface area (Å²) in [6, 6.07) is 1.72. The number of alkyl halides is 1. The average Bonchev–Trinajstić information content (AvgIpc) is 3.13. The van der Waals surface area contributed by atoms with Crippen LogP contribution in [0, 0.1) is 18.3 Å². The van der Waals surface area contributed by atoms with Crippen molar-refractivity contribution < 1.29 is 9.59 Å². The van der Waals surface area contributed by atoms with Crippen LogP contribution in [0.5, 0.6) is 0 Å². The fourth-order valence-electron chi connectivity index (χ4n) is 2.74. The Hall–Kier alpha value is -2.02. The second kappa shape index (κ2) is 6.12. The standard InChI is InChI=1S/C16H20ClN5O2/c1-9-7-12(19-14(24)16(2,3)8-17)22(21-9)15-18-11-6-4-5-10(11)13(23)20-15/h7,10H,4-6,8H2,1-3H3,(H,19,24). The number of fused-ring (bicyclic) bond motifs is 1. The van der Waals surface area contributed by atoms with Gasteiger partial charge in [0.25, 0.3) is 11.9 Å². The molecular weight excluding hydrogens is 330 g/mol. The number of carbonyl (C=O) groups is 2. The molecule has 1 aromatic rings. The average molecular weight is 350 g/mol. The van der Waals surface area contributed by atoms with Crippen molar-refractivity contribution in [3.8, 4) is 0 Å². The molecule has 1 unspecified atom stereocenters. The maximum Gasteiger partial charge on any atom is 0.257 e. The molecule has 0 aromatic carbocycles. The third-order valence-corrected chi connectivity index (χ3v) is 4.96. The second-order valence-electron chi connectivity index (χ2n) is 6.85. The molecule has 8 heteroatoms. The van der Waals surface area contributed by atoms with Crippen molar-refractivity contribution >= 4 is 40.9 Å². The van der Waals surface area contributed by atoms with Crippen LogP contribution in [0.2, 0.25) is 0 Å². The third-order valence-electron chi connectivity index (χ3n) is 4.29. The van der Waals surface area contributed by atoms with Crippen molar-refractivity contribution in [3.05, 3.63) is 11.8 Å². The van der Waals surface area contributed by atoms with Crippen LogP contribution in [0.1, 0.15) is 38.8 Å². The lowest BCUT2D eigenvalue weighted by atomic mass is 9.95. The van der Waals surface area contributed by atoms with Gasteiger partial charge in [0.05, 0.1) is 17.0 Å². The summed E-state index contributed by atoms with van der Waals surface area (Å²) in [5.74, 6) is 0.240. The Morgan fingerprint density at radius 3 is 2.92 bits per heavy atom. The number of hydrogen-bond donors (Lipinski definition) is 1. The van der Waals surface area contributed by atoms with Gasteiger partial charge < -0.3 is 5.32 Å². The van der Waals surface area contributed by atoms with Crippen LogP contribution >= 0.6 is 11.6 Å². The number of anilines is 1.